The van der Waals surface area contributed by atoms with Crippen LogP contribution in [-0.4, -0.2) is 31.1 Å². The van der Waals surface area contributed by atoms with Crippen molar-refractivity contribution in [3.05, 3.63) is 0 Å². The first-order valence-corrected chi connectivity index (χ1v) is 4.96. The van der Waals surface area contributed by atoms with Crippen molar-refractivity contribution in [2.24, 2.45) is 0 Å². The third-order valence-corrected chi connectivity index (χ3v) is 2.34. The van der Waals surface area contributed by atoms with Crippen molar-refractivity contribution in [2.75, 3.05) is 14.2 Å². The zero-order valence-corrected chi connectivity index (χ0v) is 9.21. The lowest BCUT2D eigenvalue weighted by Gasteiger charge is -2.25. The molecule has 0 radical (unpaired) electrons. The van der Waals surface area contributed by atoms with E-state index in [9.17, 15) is 4.79 Å². The van der Waals surface area contributed by atoms with E-state index in [1.807, 2.05) is 0 Å². The summed E-state index contributed by atoms with van der Waals surface area (Å²) in [5.41, 5.74) is 0. The van der Waals surface area contributed by atoms with Crippen LogP contribution in [0.25, 0.3) is 0 Å². The molecule has 0 unspecified atom stereocenters. The molecular weight excluding hydrogens is 184 g/mol. The van der Waals surface area contributed by atoms with Gasteiger partial charge in [0, 0.05) is 20.6 Å². The molecule has 0 aliphatic heterocycles. The third-order valence-electron chi connectivity index (χ3n) is 2.34. The maximum absolute atomic E-state index is 10.9. The first-order chi connectivity index (χ1) is 6.63. The van der Waals surface area contributed by atoms with E-state index in [0.29, 0.717) is 6.42 Å². The quantitative estimate of drug-likeness (QED) is 0.485. The SMILES string of the molecule is CCCCCCC(OC)(OC)C(=O)O. The maximum atomic E-state index is 10.9. The predicted octanol–water partition coefficient (Wildman–Crippen LogP) is 2.03. The molecule has 84 valence electrons. The molecule has 1 N–H and O–H groups in total. The van der Waals surface area contributed by atoms with Crippen LogP contribution in [0, 0.1) is 0 Å². The van der Waals surface area contributed by atoms with E-state index in [-0.39, 0.29) is 0 Å². The van der Waals surface area contributed by atoms with Crippen LogP contribution in [0.3, 0.4) is 0 Å². The Morgan fingerprint density at radius 2 is 1.79 bits per heavy atom. The molecule has 0 rings (SSSR count). The summed E-state index contributed by atoms with van der Waals surface area (Å²) >= 11 is 0. The van der Waals surface area contributed by atoms with E-state index in [1.54, 1.807) is 0 Å². The van der Waals surface area contributed by atoms with Crippen molar-refractivity contribution in [3.8, 4) is 0 Å². The Bertz CT molecular complexity index is 164. The van der Waals surface area contributed by atoms with Crippen molar-refractivity contribution in [3.63, 3.8) is 0 Å². The number of carboxylic acid groups (broad SMARTS) is 1. The van der Waals surface area contributed by atoms with Crippen LogP contribution < -0.4 is 0 Å². The number of carbonyl (C=O) groups is 1. The summed E-state index contributed by atoms with van der Waals surface area (Å²) in [4.78, 5) is 10.9. The summed E-state index contributed by atoms with van der Waals surface area (Å²) in [5.74, 6) is -2.51. The second kappa shape index (κ2) is 6.79. The van der Waals surface area contributed by atoms with Crippen molar-refractivity contribution in [2.45, 2.75) is 44.8 Å². The fourth-order valence-electron chi connectivity index (χ4n) is 1.35. The Labute approximate surface area is 85.2 Å². The molecule has 0 bridgehead atoms. The molecule has 4 nitrogen and oxygen atoms in total. The van der Waals surface area contributed by atoms with Gasteiger partial charge in [-0.25, -0.2) is 4.79 Å². The van der Waals surface area contributed by atoms with Crippen molar-refractivity contribution in [1.82, 2.24) is 0 Å². The van der Waals surface area contributed by atoms with Gasteiger partial charge < -0.3 is 14.6 Å². The van der Waals surface area contributed by atoms with Crippen molar-refractivity contribution in [1.29, 1.82) is 0 Å². The number of hydrogen-bond acceptors (Lipinski definition) is 3. The van der Waals surface area contributed by atoms with E-state index in [2.05, 4.69) is 6.92 Å². The molecule has 14 heavy (non-hydrogen) atoms. The third kappa shape index (κ3) is 3.64. The van der Waals surface area contributed by atoms with Crippen LogP contribution in [0.2, 0.25) is 0 Å². The summed E-state index contributed by atoms with van der Waals surface area (Å²) < 4.78 is 9.81. The van der Waals surface area contributed by atoms with Crippen LogP contribution in [-0.2, 0) is 14.3 Å². The highest BCUT2D eigenvalue weighted by Gasteiger charge is 2.38. The minimum atomic E-state index is -1.45. The number of ether oxygens (including phenoxy) is 2. The van der Waals surface area contributed by atoms with E-state index >= 15 is 0 Å². The number of carboxylic acids is 1. The fraction of sp³-hybridized carbons (Fsp3) is 0.900. The lowest BCUT2D eigenvalue weighted by Crippen LogP contribution is -2.42. The molecule has 0 aromatic carbocycles. The number of hydrogen-bond donors (Lipinski definition) is 1. The van der Waals surface area contributed by atoms with E-state index in [4.69, 9.17) is 14.6 Å². The summed E-state index contributed by atoms with van der Waals surface area (Å²) in [7, 11) is 2.72. The highest BCUT2D eigenvalue weighted by atomic mass is 16.7. The van der Waals surface area contributed by atoms with Crippen LogP contribution in [0.5, 0.6) is 0 Å². The Hall–Kier alpha value is -0.610. The average molecular weight is 204 g/mol. The molecule has 0 fully saturated rings. The maximum Gasteiger partial charge on any atom is 0.364 e. The first kappa shape index (κ1) is 13.4. The Kier molecular flexibility index (Phi) is 6.49. The van der Waals surface area contributed by atoms with Gasteiger partial charge in [-0.05, 0) is 6.42 Å². The Balaban J connectivity index is 4.02. The standard InChI is InChI=1S/C10H20O4/c1-4-5-6-7-8-10(13-2,14-3)9(11)12/h4-8H2,1-3H3,(H,11,12). The molecule has 0 saturated heterocycles. The monoisotopic (exact) mass is 204 g/mol. The fourth-order valence-corrected chi connectivity index (χ4v) is 1.35. The van der Waals surface area contributed by atoms with Crippen LogP contribution in [0.4, 0.5) is 0 Å². The highest BCUT2D eigenvalue weighted by molar-refractivity contribution is 5.75. The van der Waals surface area contributed by atoms with Gasteiger partial charge in [0.05, 0.1) is 0 Å². The molecule has 0 aromatic rings. The Morgan fingerprint density at radius 3 is 2.14 bits per heavy atom. The minimum Gasteiger partial charge on any atom is -0.477 e. The molecule has 4 heteroatoms. The zero-order valence-electron chi connectivity index (χ0n) is 9.21. The molecule has 0 atom stereocenters. The molecule has 0 spiro atoms. The number of aliphatic carboxylic acids is 1. The van der Waals surface area contributed by atoms with Crippen LogP contribution >= 0.6 is 0 Å². The minimum absolute atomic E-state index is 0.398. The number of methoxy groups -OCH3 is 2. The van der Waals surface area contributed by atoms with Gasteiger partial charge in [0.15, 0.2) is 0 Å². The summed E-state index contributed by atoms with van der Waals surface area (Å²) in [6.07, 6.45) is 4.46. The van der Waals surface area contributed by atoms with Crippen molar-refractivity contribution >= 4 is 5.97 Å². The molecule has 0 heterocycles. The summed E-state index contributed by atoms with van der Waals surface area (Å²) in [6.45, 7) is 2.11. The Morgan fingerprint density at radius 1 is 1.21 bits per heavy atom. The number of rotatable bonds is 8. The van der Waals surface area contributed by atoms with E-state index < -0.39 is 11.8 Å². The van der Waals surface area contributed by atoms with Gasteiger partial charge in [0.2, 0.25) is 0 Å². The summed E-state index contributed by atoms with van der Waals surface area (Å²) in [6, 6.07) is 0. The number of unbranched alkanes of at least 4 members (excludes halogenated alkanes) is 3. The molecule has 0 aliphatic rings. The second-order valence-corrected chi connectivity index (χ2v) is 3.28. The largest absolute Gasteiger partial charge is 0.477 e. The van der Waals surface area contributed by atoms with Gasteiger partial charge in [0.1, 0.15) is 0 Å². The average Bonchev–Trinajstić information content (AvgIpc) is 2.18. The lowest BCUT2D eigenvalue weighted by atomic mass is 10.1. The van der Waals surface area contributed by atoms with Gasteiger partial charge in [-0.2, -0.15) is 0 Å². The molecule has 0 saturated carbocycles. The van der Waals surface area contributed by atoms with Gasteiger partial charge >= 0.3 is 5.97 Å². The zero-order chi connectivity index (χ0) is 11.0. The normalized spacial score (nSPS) is 11.6. The van der Waals surface area contributed by atoms with Crippen LogP contribution in [0.1, 0.15) is 39.0 Å². The predicted molar refractivity (Wildman–Crippen MR) is 53.1 cm³/mol. The highest BCUT2D eigenvalue weighted by Crippen LogP contribution is 2.20. The second-order valence-electron chi connectivity index (χ2n) is 3.28. The smallest absolute Gasteiger partial charge is 0.364 e. The van der Waals surface area contributed by atoms with E-state index in [0.717, 1.165) is 25.7 Å². The topological polar surface area (TPSA) is 55.8 Å². The molecule has 0 amide bonds. The van der Waals surface area contributed by atoms with Gasteiger partial charge in [-0.3, -0.25) is 0 Å². The molecular formula is C10H20O4. The summed E-state index contributed by atoms with van der Waals surface area (Å²) in [5, 5.41) is 8.93. The van der Waals surface area contributed by atoms with E-state index in [1.165, 1.54) is 14.2 Å². The first-order valence-electron chi connectivity index (χ1n) is 4.96. The van der Waals surface area contributed by atoms with Crippen molar-refractivity contribution < 1.29 is 19.4 Å². The molecule has 0 aromatic heterocycles. The molecule has 0 aliphatic carbocycles. The van der Waals surface area contributed by atoms with Gasteiger partial charge in [0.25, 0.3) is 5.79 Å². The van der Waals surface area contributed by atoms with Gasteiger partial charge in [-0.1, -0.05) is 26.2 Å². The lowest BCUT2D eigenvalue weighted by molar-refractivity contribution is -0.228. The van der Waals surface area contributed by atoms with Gasteiger partial charge in [-0.15, -0.1) is 0 Å². The van der Waals surface area contributed by atoms with Crippen LogP contribution in [0.15, 0.2) is 0 Å².